The fourth-order valence-electron chi connectivity index (χ4n) is 6.89. The molecule has 0 radical (unpaired) electrons. The standard InChI is InChI=1S/C23H33NO5S/c24-21(23(25)26)12-14-4-6-16(7-5-14)22-18-10-15-9-17(13-18)19(20(22)11-15)3-1-2-8-30(27,28)29/h4-7,15,17-22H,1-3,8-13,24H2,(H,25,26)(H,27,28,29)/t15?,17?,18?,19?,20?,21-,22?/m0/s1. The number of rotatable bonds is 9. The van der Waals surface area contributed by atoms with Gasteiger partial charge in [0.15, 0.2) is 0 Å². The van der Waals surface area contributed by atoms with Crippen LogP contribution in [0.2, 0.25) is 0 Å². The van der Waals surface area contributed by atoms with Gasteiger partial charge in [-0.05, 0) is 91.6 Å². The van der Waals surface area contributed by atoms with E-state index in [-0.39, 0.29) is 5.75 Å². The molecule has 0 aromatic heterocycles. The zero-order valence-corrected chi connectivity index (χ0v) is 18.1. The van der Waals surface area contributed by atoms with E-state index in [2.05, 4.69) is 12.1 Å². The highest BCUT2D eigenvalue weighted by molar-refractivity contribution is 7.85. The smallest absolute Gasteiger partial charge is 0.320 e. The molecule has 4 aliphatic carbocycles. The molecule has 4 saturated carbocycles. The third kappa shape index (κ3) is 4.73. The van der Waals surface area contributed by atoms with E-state index in [0.29, 0.717) is 30.6 Å². The molecule has 0 amide bonds. The first-order valence-electron chi connectivity index (χ1n) is 11.2. The van der Waals surface area contributed by atoms with Crippen LogP contribution < -0.4 is 5.73 Å². The summed E-state index contributed by atoms with van der Waals surface area (Å²) in [5.74, 6) is 3.07. The molecule has 7 atom stereocenters. The first-order valence-corrected chi connectivity index (χ1v) is 12.8. The zero-order chi connectivity index (χ0) is 21.5. The van der Waals surface area contributed by atoms with E-state index in [0.717, 1.165) is 36.2 Å². The lowest BCUT2D eigenvalue weighted by Gasteiger charge is -2.59. The van der Waals surface area contributed by atoms with Crippen molar-refractivity contribution in [3.8, 4) is 0 Å². The highest BCUT2D eigenvalue weighted by Crippen LogP contribution is 2.63. The van der Waals surface area contributed by atoms with Crippen LogP contribution in [0.3, 0.4) is 0 Å². The van der Waals surface area contributed by atoms with Crippen LogP contribution in [0.4, 0.5) is 0 Å². The Hall–Kier alpha value is -1.44. The van der Waals surface area contributed by atoms with Crippen LogP contribution in [0.25, 0.3) is 0 Å². The van der Waals surface area contributed by atoms with Crippen LogP contribution in [0.15, 0.2) is 24.3 Å². The summed E-state index contributed by atoms with van der Waals surface area (Å²) in [6.45, 7) is 0. The molecule has 1 aromatic carbocycles. The van der Waals surface area contributed by atoms with Crippen LogP contribution >= 0.6 is 0 Å². The van der Waals surface area contributed by atoms with Gasteiger partial charge < -0.3 is 10.8 Å². The van der Waals surface area contributed by atoms with Crippen molar-refractivity contribution in [1.29, 1.82) is 0 Å². The second kappa shape index (κ2) is 8.60. The van der Waals surface area contributed by atoms with Gasteiger partial charge in [0.2, 0.25) is 0 Å². The minimum atomic E-state index is -3.87. The van der Waals surface area contributed by atoms with Gasteiger partial charge in [0.05, 0.1) is 5.75 Å². The van der Waals surface area contributed by atoms with Crippen LogP contribution in [0, 0.1) is 29.6 Å². The Balaban J connectivity index is 1.45. The molecule has 5 rings (SSSR count). The van der Waals surface area contributed by atoms with Crippen LogP contribution in [0.5, 0.6) is 0 Å². The summed E-state index contributed by atoms with van der Waals surface area (Å²) in [6, 6.07) is 7.54. The molecule has 7 heteroatoms. The number of benzene rings is 1. The van der Waals surface area contributed by atoms with Crippen molar-refractivity contribution in [3.63, 3.8) is 0 Å². The van der Waals surface area contributed by atoms with Gasteiger partial charge in [0, 0.05) is 0 Å². The van der Waals surface area contributed by atoms with Gasteiger partial charge in [-0.2, -0.15) is 8.42 Å². The third-order valence-corrected chi connectivity index (χ3v) is 8.74. The van der Waals surface area contributed by atoms with E-state index in [1.807, 2.05) is 12.1 Å². The van der Waals surface area contributed by atoms with E-state index in [4.69, 9.17) is 15.4 Å². The Morgan fingerprint density at radius 1 is 1.07 bits per heavy atom. The first-order chi connectivity index (χ1) is 14.2. The molecule has 0 heterocycles. The summed E-state index contributed by atoms with van der Waals surface area (Å²) in [5.41, 5.74) is 7.99. The number of carboxylic acids is 1. The fraction of sp³-hybridized carbons (Fsp3) is 0.696. The van der Waals surface area contributed by atoms with Gasteiger partial charge in [-0.3, -0.25) is 9.35 Å². The van der Waals surface area contributed by atoms with Gasteiger partial charge in [-0.1, -0.05) is 30.7 Å². The molecule has 1 aromatic rings. The van der Waals surface area contributed by atoms with Crippen molar-refractivity contribution in [1.82, 2.24) is 0 Å². The molecule has 6 nitrogen and oxygen atoms in total. The Morgan fingerprint density at radius 3 is 2.43 bits per heavy atom. The normalized spacial score (nSPS) is 33.5. The lowest BCUT2D eigenvalue weighted by Crippen LogP contribution is -2.49. The highest BCUT2D eigenvalue weighted by atomic mass is 32.2. The van der Waals surface area contributed by atoms with Gasteiger partial charge in [0.1, 0.15) is 6.04 Å². The summed E-state index contributed by atoms with van der Waals surface area (Å²) < 4.78 is 31.0. The summed E-state index contributed by atoms with van der Waals surface area (Å²) in [6.07, 6.45) is 7.96. The SMILES string of the molecule is N[C@@H](Cc1ccc(C2C3CC4CC(C3)C(CCCCS(=O)(=O)O)C2C4)cc1)C(=O)O. The topological polar surface area (TPSA) is 118 Å². The number of hydrogen-bond donors (Lipinski definition) is 3. The Bertz CT molecular complexity index is 868. The van der Waals surface area contributed by atoms with Crippen LogP contribution in [0.1, 0.15) is 62.0 Å². The lowest BCUT2D eigenvalue weighted by molar-refractivity contribution is -0.138. The van der Waals surface area contributed by atoms with Crippen molar-refractivity contribution in [2.24, 2.45) is 35.3 Å². The molecule has 0 aliphatic heterocycles. The predicted octanol–water partition coefficient (Wildman–Crippen LogP) is 3.46. The summed E-state index contributed by atoms with van der Waals surface area (Å²) in [4.78, 5) is 11.0. The minimum absolute atomic E-state index is 0.135. The largest absolute Gasteiger partial charge is 0.480 e. The maximum atomic E-state index is 11.0. The molecule has 4 N–H and O–H groups in total. The van der Waals surface area contributed by atoms with Gasteiger partial charge in [-0.25, -0.2) is 0 Å². The maximum absolute atomic E-state index is 11.0. The monoisotopic (exact) mass is 435 g/mol. The van der Waals surface area contributed by atoms with Crippen molar-refractivity contribution in [3.05, 3.63) is 35.4 Å². The molecular formula is C23H33NO5S. The average molecular weight is 436 g/mol. The molecule has 4 bridgehead atoms. The van der Waals surface area contributed by atoms with E-state index in [1.54, 1.807) is 0 Å². The van der Waals surface area contributed by atoms with E-state index in [9.17, 15) is 13.2 Å². The number of hydrogen-bond acceptors (Lipinski definition) is 4. The molecular weight excluding hydrogens is 402 g/mol. The maximum Gasteiger partial charge on any atom is 0.320 e. The number of nitrogens with two attached hydrogens (primary N) is 1. The van der Waals surface area contributed by atoms with Gasteiger partial charge in [0.25, 0.3) is 10.1 Å². The molecule has 166 valence electrons. The Kier molecular flexibility index (Phi) is 6.24. The average Bonchev–Trinajstić information content (AvgIpc) is 2.66. The molecule has 6 unspecified atom stereocenters. The van der Waals surface area contributed by atoms with E-state index >= 15 is 0 Å². The van der Waals surface area contributed by atoms with Crippen molar-refractivity contribution >= 4 is 16.1 Å². The number of unbranched alkanes of at least 4 members (excludes halogenated alkanes) is 1. The van der Waals surface area contributed by atoms with Gasteiger partial charge in [-0.15, -0.1) is 0 Å². The second-order valence-electron chi connectivity index (χ2n) is 9.85. The second-order valence-corrected chi connectivity index (χ2v) is 11.4. The minimum Gasteiger partial charge on any atom is -0.480 e. The summed E-state index contributed by atoms with van der Waals surface area (Å²) in [5, 5.41) is 9.03. The quantitative estimate of drug-likeness (QED) is 0.404. The summed E-state index contributed by atoms with van der Waals surface area (Å²) in [7, 11) is -3.87. The van der Waals surface area contributed by atoms with Crippen molar-refractivity contribution < 1.29 is 22.9 Å². The van der Waals surface area contributed by atoms with Crippen molar-refractivity contribution in [2.45, 2.75) is 63.3 Å². The fourth-order valence-corrected chi connectivity index (χ4v) is 7.46. The predicted molar refractivity (Wildman–Crippen MR) is 115 cm³/mol. The molecule has 30 heavy (non-hydrogen) atoms. The lowest BCUT2D eigenvalue weighted by atomic mass is 9.46. The van der Waals surface area contributed by atoms with Crippen LogP contribution in [-0.2, 0) is 21.3 Å². The van der Waals surface area contributed by atoms with Gasteiger partial charge >= 0.3 is 5.97 Å². The van der Waals surface area contributed by atoms with Crippen LogP contribution in [-0.4, -0.2) is 35.8 Å². The highest BCUT2D eigenvalue weighted by Gasteiger charge is 2.53. The van der Waals surface area contributed by atoms with E-state index < -0.39 is 22.1 Å². The molecule has 0 spiro atoms. The number of aliphatic carboxylic acids is 1. The Morgan fingerprint density at radius 2 is 1.77 bits per heavy atom. The van der Waals surface area contributed by atoms with E-state index in [1.165, 1.54) is 31.2 Å². The first kappa shape index (κ1) is 21.8. The van der Waals surface area contributed by atoms with Crippen molar-refractivity contribution in [2.75, 3.05) is 5.75 Å². The number of carbonyl (C=O) groups is 1. The Labute approximate surface area is 179 Å². The molecule has 4 aliphatic rings. The molecule has 0 saturated heterocycles. The zero-order valence-electron chi connectivity index (χ0n) is 17.3. The number of carboxylic acid groups (broad SMARTS) is 1. The third-order valence-electron chi connectivity index (χ3n) is 7.93. The molecule has 4 fully saturated rings. The summed E-state index contributed by atoms with van der Waals surface area (Å²) >= 11 is 0.